The SMILES string of the molecule is NC1(CC(=O)Nc2cccc(F)c2C(=O)O)CCCC1. The Hall–Kier alpha value is -1.95. The van der Waals surface area contributed by atoms with E-state index in [1.807, 2.05) is 0 Å². The summed E-state index contributed by atoms with van der Waals surface area (Å²) in [6.45, 7) is 0. The molecular weight excluding hydrogens is 263 g/mol. The van der Waals surface area contributed by atoms with Crippen molar-refractivity contribution in [2.75, 3.05) is 5.32 Å². The molecule has 0 radical (unpaired) electrons. The molecule has 108 valence electrons. The standard InChI is InChI=1S/C14H17FN2O3/c15-9-4-3-5-10(12(9)13(19)20)17-11(18)8-14(16)6-1-2-7-14/h3-5H,1-2,6-8,16H2,(H,17,18)(H,19,20). The van der Waals surface area contributed by atoms with Crippen molar-refractivity contribution in [3.63, 3.8) is 0 Å². The number of carboxylic acids is 1. The van der Waals surface area contributed by atoms with Gasteiger partial charge in [0.2, 0.25) is 5.91 Å². The monoisotopic (exact) mass is 280 g/mol. The number of halogens is 1. The van der Waals surface area contributed by atoms with Gasteiger partial charge in [-0.1, -0.05) is 18.9 Å². The van der Waals surface area contributed by atoms with E-state index < -0.39 is 22.9 Å². The average Bonchev–Trinajstić information content (AvgIpc) is 2.74. The number of nitrogens with one attached hydrogen (secondary N) is 1. The molecule has 1 aliphatic carbocycles. The van der Waals surface area contributed by atoms with E-state index in [1.54, 1.807) is 0 Å². The number of rotatable bonds is 4. The van der Waals surface area contributed by atoms with Crippen molar-refractivity contribution in [3.05, 3.63) is 29.6 Å². The number of anilines is 1. The Balaban J connectivity index is 2.12. The number of hydrogen-bond acceptors (Lipinski definition) is 3. The van der Waals surface area contributed by atoms with Crippen LogP contribution in [0.2, 0.25) is 0 Å². The molecule has 1 aromatic carbocycles. The van der Waals surface area contributed by atoms with Crippen LogP contribution in [0, 0.1) is 5.82 Å². The second kappa shape index (κ2) is 5.58. The number of hydrogen-bond donors (Lipinski definition) is 3. The first-order valence-electron chi connectivity index (χ1n) is 6.52. The minimum atomic E-state index is -1.42. The van der Waals surface area contributed by atoms with Crippen molar-refractivity contribution in [1.82, 2.24) is 0 Å². The lowest BCUT2D eigenvalue weighted by Crippen LogP contribution is -2.40. The summed E-state index contributed by atoms with van der Waals surface area (Å²) in [6.07, 6.45) is 3.64. The Morgan fingerprint density at radius 3 is 2.60 bits per heavy atom. The largest absolute Gasteiger partial charge is 0.478 e. The first kappa shape index (κ1) is 14.5. The van der Waals surface area contributed by atoms with E-state index in [2.05, 4.69) is 5.32 Å². The van der Waals surface area contributed by atoms with E-state index >= 15 is 0 Å². The molecule has 0 spiro atoms. The maximum Gasteiger partial charge on any atom is 0.340 e. The summed E-state index contributed by atoms with van der Waals surface area (Å²) in [5.74, 6) is -2.68. The quantitative estimate of drug-likeness (QED) is 0.787. The smallest absolute Gasteiger partial charge is 0.340 e. The molecule has 0 atom stereocenters. The molecule has 0 saturated heterocycles. The molecule has 1 amide bonds. The summed E-state index contributed by atoms with van der Waals surface area (Å²) in [6, 6.07) is 3.76. The third-order valence-corrected chi connectivity index (χ3v) is 3.61. The Labute approximate surface area is 116 Å². The van der Waals surface area contributed by atoms with Gasteiger partial charge < -0.3 is 16.2 Å². The summed E-state index contributed by atoms with van der Waals surface area (Å²) in [7, 11) is 0. The fourth-order valence-electron chi connectivity index (χ4n) is 2.62. The second-order valence-corrected chi connectivity index (χ2v) is 5.26. The molecule has 1 saturated carbocycles. The maximum atomic E-state index is 13.5. The van der Waals surface area contributed by atoms with Crippen LogP contribution in [0.25, 0.3) is 0 Å². The molecular formula is C14H17FN2O3. The molecule has 20 heavy (non-hydrogen) atoms. The zero-order valence-corrected chi connectivity index (χ0v) is 11.0. The van der Waals surface area contributed by atoms with Crippen LogP contribution >= 0.6 is 0 Å². The zero-order chi connectivity index (χ0) is 14.8. The van der Waals surface area contributed by atoms with E-state index in [9.17, 15) is 14.0 Å². The van der Waals surface area contributed by atoms with E-state index in [0.717, 1.165) is 31.7 Å². The predicted molar refractivity (Wildman–Crippen MR) is 72.0 cm³/mol. The Kier molecular flexibility index (Phi) is 4.04. The van der Waals surface area contributed by atoms with Gasteiger partial charge in [0.05, 0.1) is 5.69 Å². The summed E-state index contributed by atoms with van der Waals surface area (Å²) < 4.78 is 13.5. The molecule has 4 N–H and O–H groups in total. The molecule has 6 heteroatoms. The number of aromatic carboxylic acids is 1. The number of benzene rings is 1. The molecule has 0 aromatic heterocycles. The summed E-state index contributed by atoms with van der Waals surface area (Å²) >= 11 is 0. The highest BCUT2D eigenvalue weighted by atomic mass is 19.1. The van der Waals surface area contributed by atoms with Crippen LogP contribution in [0.3, 0.4) is 0 Å². The van der Waals surface area contributed by atoms with Gasteiger partial charge >= 0.3 is 5.97 Å². The number of nitrogens with two attached hydrogens (primary N) is 1. The van der Waals surface area contributed by atoms with Gasteiger partial charge in [-0.15, -0.1) is 0 Å². The van der Waals surface area contributed by atoms with E-state index in [1.165, 1.54) is 12.1 Å². The first-order chi connectivity index (χ1) is 9.41. The van der Waals surface area contributed by atoms with E-state index in [0.29, 0.717) is 0 Å². The van der Waals surface area contributed by atoms with Gasteiger partial charge in [-0.05, 0) is 25.0 Å². The normalized spacial score (nSPS) is 16.9. The highest BCUT2D eigenvalue weighted by molar-refractivity contribution is 6.00. The van der Waals surface area contributed by atoms with Crippen LogP contribution in [0.15, 0.2) is 18.2 Å². The van der Waals surface area contributed by atoms with Crippen molar-refractivity contribution in [2.24, 2.45) is 5.73 Å². The Bertz CT molecular complexity index is 539. The van der Waals surface area contributed by atoms with Crippen molar-refractivity contribution in [1.29, 1.82) is 0 Å². The fraction of sp³-hybridized carbons (Fsp3) is 0.429. The highest BCUT2D eigenvalue weighted by Crippen LogP contribution is 2.30. The van der Waals surface area contributed by atoms with Crippen LogP contribution in [0.5, 0.6) is 0 Å². The third kappa shape index (κ3) is 3.14. The summed E-state index contributed by atoms with van der Waals surface area (Å²) in [5.41, 5.74) is 5.00. The first-order valence-corrected chi connectivity index (χ1v) is 6.52. The van der Waals surface area contributed by atoms with Gasteiger partial charge in [0, 0.05) is 12.0 Å². The molecule has 2 rings (SSSR count). The second-order valence-electron chi connectivity index (χ2n) is 5.26. The number of amides is 1. The van der Waals surface area contributed by atoms with Gasteiger partial charge in [0.25, 0.3) is 0 Å². The van der Waals surface area contributed by atoms with Crippen LogP contribution in [0.4, 0.5) is 10.1 Å². The van der Waals surface area contributed by atoms with Crippen molar-refractivity contribution in [3.8, 4) is 0 Å². The van der Waals surface area contributed by atoms with Gasteiger partial charge in [-0.3, -0.25) is 4.79 Å². The van der Waals surface area contributed by atoms with Gasteiger partial charge in [-0.25, -0.2) is 9.18 Å². The predicted octanol–water partition coefficient (Wildman–Crippen LogP) is 2.12. The van der Waals surface area contributed by atoms with Crippen LogP contribution in [-0.4, -0.2) is 22.5 Å². The van der Waals surface area contributed by atoms with Gasteiger partial charge in [0.1, 0.15) is 11.4 Å². The summed E-state index contributed by atoms with van der Waals surface area (Å²) in [4.78, 5) is 23.0. The van der Waals surface area contributed by atoms with Crippen LogP contribution in [0.1, 0.15) is 42.5 Å². The van der Waals surface area contributed by atoms with Crippen LogP contribution < -0.4 is 11.1 Å². The van der Waals surface area contributed by atoms with E-state index in [-0.39, 0.29) is 18.0 Å². The summed E-state index contributed by atoms with van der Waals surface area (Å²) in [5, 5.41) is 11.4. The molecule has 0 heterocycles. The Morgan fingerprint density at radius 1 is 1.35 bits per heavy atom. The topological polar surface area (TPSA) is 92.4 Å². The molecule has 5 nitrogen and oxygen atoms in total. The minimum absolute atomic E-state index is 0.0379. The molecule has 1 aliphatic rings. The highest BCUT2D eigenvalue weighted by Gasteiger charge is 2.32. The lowest BCUT2D eigenvalue weighted by Gasteiger charge is -2.22. The van der Waals surface area contributed by atoms with Crippen molar-refractivity contribution >= 4 is 17.6 Å². The lowest BCUT2D eigenvalue weighted by molar-refractivity contribution is -0.117. The number of carboxylic acid groups (broad SMARTS) is 1. The maximum absolute atomic E-state index is 13.5. The van der Waals surface area contributed by atoms with Crippen LogP contribution in [-0.2, 0) is 4.79 Å². The van der Waals surface area contributed by atoms with Crippen molar-refractivity contribution in [2.45, 2.75) is 37.6 Å². The fourth-order valence-corrected chi connectivity index (χ4v) is 2.62. The Morgan fingerprint density at radius 2 is 2.00 bits per heavy atom. The molecule has 0 bridgehead atoms. The number of carbonyl (C=O) groups excluding carboxylic acids is 1. The molecule has 1 fully saturated rings. The number of carbonyl (C=O) groups is 2. The molecule has 0 unspecified atom stereocenters. The average molecular weight is 280 g/mol. The van der Waals surface area contributed by atoms with Gasteiger partial charge in [-0.2, -0.15) is 0 Å². The minimum Gasteiger partial charge on any atom is -0.478 e. The molecule has 1 aromatic rings. The van der Waals surface area contributed by atoms with E-state index in [4.69, 9.17) is 10.8 Å². The zero-order valence-electron chi connectivity index (χ0n) is 11.0. The van der Waals surface area contributed by atoms with Gasteiger partial charge in [0.15, 0.2) is 0 Å². The lowest BCUT2D eigenvalue weighted by atomic mass is 9.94. The third-order valence-electron chi connectivity index (χ3n) is 3.61. The molecule has 0 aliphatic heterocycles. The van der Waals surface area contributed by atoms with Crippen molar-refractivity contribution < 1.29 is 19.1 Å².